The van der Waals surface area contributed by atoms with Crippen LogP contribution in [0.5, 0.6) is 5.75 Å². The maximum absolute atomic E-state index is 9.91. The van der Waals surface area contributed by atoms with Gasteiger partial charge in [0.25, 0.3) is 0 Å². The van der Waals surface area contributed by atoms with Crippen LogP contribution in [0, 0.1) is 6.92 Å². The third kappa shape index (κ3) is 4.97. The van der Waals surface area contributed by atoms with Crippen molar-refractivity contribution in [3.8, 4) is 5.75 Å². The lowest BCUT2D eigenvalue weighted by Crippen LogP contribution is -2.20. The number of aromatic nitrogens is 2. The number of nitrogens with zero attached hydrogens (tertiary/aromatic N) is 2. The van der Waals surface area contributed by atoms with Gasteiger partial charge in [0.15, 0.2) is 8.68 Å². The van der Waals surface area contributed by atoms with E-state index in [-0.39, 0.29) is 6.61 Å². The zero-order valence-corrected chi connectivity index (χ0v) is 13.7. The molecular formula is C13H16N2O2S3. The topological polar surface area (TPSA) is 55.2 Å². The van der Waals surface area contributed by atoms with Gasteiger partial charge in [-0.2, -0.15) is 0 Å². The van der Waals surface area contributed by atoms with Gasteiger partial charge in [-0.1, -0.05) is 47.0 Å². The first kappa shape index (κ1) is 15.6. The van der Waals surface area contributed by atoms with Crippen molar-refractivity contribution in [3.63, 3.8) is 0 Å². The average molecular weight is 328 g/mol. The summed E-state index contributed by atoms with van der Waals surface area (Å²) in [6.45, 7) is 2.29. The molecule has 1 aromatic heterocycles. The van der Waals surface area contributed by atoms with Gasteiger partial charge in [0.05, 0.1) is 6.10 Å². The second kappa shape index (κ2) is 7.87. The number of benzene rings is 1. The molecule has 0 aliphatic rings. The van der Waals surface area contributed by atoms with Crippen molar-refractivity contribution in [2.75, 3.05) is 18.6 Å². The van der Waals surface area contributed by atoms with E-state index < -0.39 is 6.10 Å². The van der Waals surface area contributed by atoms with Crippen LogP contribution >= 0.6 is 34.9 Å². The van der Waals surface area contributed by atoms with Gasteiger partial charge in [-0.25, -0.2) is 0 Å². The Bertz CT molecular complexity index is 548. The molecule has 0 saturated heterocycles. The maximum Gasteiger partial charge on any atom is 0.175 e. The van der Waals surface area contributed by atoms with Crippen molar-refractivity contribution >= 4 is 34.9 Å². The van der Waals surface area contributed by atoms with Gasteiger partial charge in [0.2, 0.25) is 0 Å². The Kier molecular flexibility index (Phi) is 6.15. The average Bonchev–Trinajstić information content (AvgIpc) is 2.91. The predicted octanol–water partition coefficient (Wildman–Crippen LogP) is 3.10. The summed E-state index contributed by atoms with van der Waals surface area (Å²) in [6.07, 6.45) is 1.45. The van der Waals surface area contributed by atoms with Crippen molar-refractivity contribution in [2.45, 2.75) is 21.7 Å². The fourth-order valence-electron chi connectivity index (χ4n) is 1.45. The van der Waals surface area contributed by atoms with Gasteiger partial charge in [-0.15, -0.1) is 10.2 Å². The molecule has 0 fully saturated rings. The van der Waals surface area contributed by atoms with Crippen molar-refractivity contribution in [1.82, 2.24) is 10.2 Å². The normalized spacial score (nSPS) is 12.3. The Morgan fingerprint density at radius 1 is 1.35 bits per heavy atom. The number of hydrogen-bond donors (Lipinski definition) is 1. The lowest BCUT2D eigenvalue weighted by atomic mass is 10.2. The molecule has 0 bridgehead atoms. The van der Waals surface area contributed by atoms with E-state index in [1.54, 1.807) is 23.1 Å². The largest absolute Gasteiger partial charge is 0.491 e. The summed E-state index contributed by atoms with van der Waals surface area (Å²) in [5.74, 6) is 1.34. The van der Waals surface area contributed by atoms with Gasteiger partial charge in [0, 0.05) is 5.75 Å². The number of thioether (sulfide) groups is 2. The maximum atomic E-state index is 9.91. The highest BCUT2D eigenvalue weighted by atomic mass is 32.2. The van der Waals surface area contributed by atoms with Crippen LogP contribution in [0.4, 0.5) is 0 Å². The molecule has 0 spiro atoms. The molecule has 0 amide bonds. The van der Waals surface area contributed by atoms with Crippen LogP contribution < -0.4 is 4.74 Å². The third-order valence-corrected chi connectivity index (χ3v) is 5.57. The fourth-order valence-corrected chi connectivity index (χ4v) is 3.82. The molecule has 1 unspecified atom stereocenters. The third-order valence-electron chi connectivity index (χ3n) is 2.39. The van der Waals surface area contributed by atoms with Crippen molar-refractivity contribution in [2.24, 2.45) is 0 Å². The molecule has 1 heterocycles. The molecule has 0 aliphatic carbocycles. The smallest absolute Gasteiger partial charge is 0.175 e. The van der Waals surface area contributed by atoms with E-state index in [0.717, 1.165) is 20.0 Å². The first-order valence-corrected chi connectivity index (χ1v) is 9.08. The van der Waals surface area contributed by atoms with Crippen LogP contribution in [0.1, 0.15) is 5.56 Å². The molecule has 4 nitrogen and oxygen atoms in total. The zero-order valence-electron chi connectivity index (χ0n) is 11.3. The first-order chi connectivity index (χ1) is 9.67. The molecule has 2 rings (SSSR count). The molecule has 1 N–H and O–H groups in total. The minimum absolute atomic E-state index is 0.282. The van der Waals surface area contributed by atoms with Gasteiger partial charge in [-0.3, -0.25) is 0 Å². The minimum Gasteiger partial charge on any atom is -0.491 e. The van der Waals surface area contributed by atoms with E-state index in [0.29, 0.717) is 5.75 Å². The monoisotopic (exact) mass is 328 g/mol. The summed E-state index contributed by atoms with van der Waals surface area (Å²) in [6, 6.07) is 7.80. The highest BCUT2D eigenvalue weighted by Crippen LogP contribution is 2.27. The number of ether oxygens (including phenoxy) is 1. The summed E-state index contributed by atoms with van der Waals surface area (Å²) < 4.78 is 7.38. The Labute approximate surface area is 131 Å². The highest BCUT2D eigenvalue weighted by Gasteiger charge is 2.09. The molecule has 0 radical (unpaired) electrons. The van der Waals surface area contributed by atoms with Gasteiger partial charge < -0.3 is 9.84 Å². The Morgan fingerprint density at radius 3 is 2.85 bits per heavy atom. The summed E-state index contributed by atoms with van der Waals surface area (Å²) in [5, 5.41) is 18.0. The summed E-state index contributed by atoms with van der Waals surface area (Å²) in [5.41, 5.74) is 1.14. The summed E-state index contributed by atoms with van der Waals surface area (Å²) in [7, 11) is 0. The first-order valence-electron chi connectivity index (χ1n) is 6.05. The zero-order chi connectivity index (χ0) is 14.4. The Hall–Kier alpha value is -0.760. The van der Waals surface area contributed by atoms with Gasteiger partial charge >= 0.3 is 0 Å². The van der Waals surface area contributed by atoms with E-state index in [4.69, 9.17) is 4.74 Å². The molecular weight excluding hydrogens is 312 g/mol. The molecule has 2 aromatic rings. The molecule has 1 atom stereocenters. The van der Waals surface area contributed by atoms with E-state index in [1.165, 1.54) is 11.8 Å². The summed E-state index contributed by atoms with van der Waals surface area (Å²) in [4.78, 5) is 0. The quantitative estimate of drug-likeness (QED) is 0.788. The van der Waals surface area contributed by atoms with Crippen LogP contribution in [-0.2, 0) is 0 Å². The molecule has 20 heavy (non-hydrogen) atoms. The van der Waals surface area contributed by atoms with E-state index in [9.17, 15) is 5.11 Å². The van der Waals surface area contributed by atoms with E-state index >= 15 is 0 Å². The van der Waals surface area contributed by atoms with Crippen LogP contribution in [0.15, 0.2) is 32.9 Å². The molecule has 108 valence electrons. The van der Waals surface area contributed by atoms with E-state index in [1.807, 2.05) is 37.4 Å². The van der Waals surface area contributed by atoms with Crippen LogP contribution in [0.25, 0.3) is 0 Å². The van der Waals surface area contributed by atoms with Crippen LogP contribution in [0.2, 0.25) is 0 Å². The van der Waals surface area contributed by atoms with E-state index in [2.05, 4.69) is 10.2 Å². The number of rotatable bonds is 7. The summed E-state index contributed by atoms with van der Waals surface area (Å²) >= 11 is 4.62. The fraction of sp³-hybridized carbons (Fsp3) is 0.385. The predicted molar refractivity (Wildman–Crippen MR) is 85.1 cm³/mol. The van der Waals surface area contributed by atoms with Crippen molar-refractivity contribution in [3.05, 3.63) is 29.8 Å². The lowest BCUT2D eigenvalue weighted by Gasteiger charge is -2.11. The van der Waals surface area contributed by atoms with Gasteiger partial charge in [0.1, 0.15) is 12.4 Å². The number of aliphatic hydroxyl groups excluding tert-OH is 1. The molecule has 0 saturated carbocycles. The Morgan fingerprint density at radius 2 is 2.15 bits per heavy atom. The molecule has 0 aliphatic heterocycles. The van der Waals surface area contributed by atoms with Crippen LogP contribution in [0.3, 0.4) is 0 Å². The molecule has 1 aromatic carbocycles. The number of aliphatic hydroxyl groups is 1. The second-order valence-corrected chi connectivity index (χ2v) is 7.43. The van der Waals surface area contributed by atoms with Crippen molar-refractivity contribution < 1.29 is 9.84 Å². The molecule has 7 heteroatoms. The number of aryl methyl sites for hydroxylation is 1. The van der Waals surface area contributed by atoms with Crippen LogP contribution in [-0.4, -0.2) is 40.0 Å². The minimum atomic E-state index is -0.526. The SMILES string of the molecule is CSc1nnc(SCC(O)COc2cccc(C)c2)s1. The highest BCUT2D eigenvalue weighted by molar-refractivity contribution is 8.02. The second-order valence-electron chi connectivity index (χ2n) is 4.13. The number of hydrogen-bond acceptors (Lipinski definition) is 7. The van der Waals surface area contributed by atoms with Gasteiger partial charge in [-0.05, 0) is 30.9 Å². The van der Waals surface area contributed by atoms with Crippen molar-refractivity contribution in [1.29, 1.82) is 0 Å². The standard InChI is InChI=1S/C13H16N2O2S3/c1-9-4-3-5-11(6-9)17-7-10(16)8-19-13-15-14-12(18-2)20-13/h3-6,10,16H,7-8H2,1-2H3. The Balaban J connectivity index is 1.73. The lowest BCUT2D eigenvalue weighted by molar-refractivity contribution is 0.126.